The van der Waals surface area contributed by atoms with E-state index in [9.17, 15) is 14.0 Å². The molecule has 7 heteroatoms. The summed E-state index contributed by atoms with van der Waals surface area (Å²) >= 11 is 0. The van der Waals surface area contributed by atoms with Crippen molar-refractivity contribution in [2.75, 3.05) is 7.11 Å². The number of rotatable bonds is 3. The van der Waals surface area contributed by atoms with Gasteiger partial charge in [0.15, 0.2) is 0 Å². The van der Waals surface area contributed by atoms with Gasteiger partial charge in [-0.2, -0.15) is 0 Å². The maximum Gasteiger partial charge on any atom is 0.329 e. The number of ether oxygens (including phenoxy) is 1. The lowest BCUT2D eigenvalue weighted by atomic mass is 9.99. The fraction of sp³-hybridized carbons (Fsp3) is 0.100. The second-order valence-corrected chi connectivity index (χ2v) is 6.15. The van der Waals surface area contributed by atoms with Gasteiger partial charge < -0.3 is 9.72 Å². The van der Waals surface area contributed by atoms with E-state index in [-0.39, 0.29) is 5.82 Å². The normalized spacial score (nSPS) is 11.1. The molecule has 0 aliphatic carbocycles. The molecule has 4 aromatic rings. The zero-order valence-electron chi connectivity index (χ0n) is 14.7. The predicted molar refractivity (Wildman–Crippen MR) is 102 cm³/mol. The zero-order valence-corrected chi connectivity index (χ0v) is 14.7. The van der Waals surface area contributed by atoms with Gasteiger partial charge in [0.25, 0.3) is 5.56 Å². The summed E-state index contributed by atoms with van der Waals surface area (Å²) in [5, 5.41) is 0.363. The lowest BCUT2D eigenvalue weighted by molar-refractivity contribution is 0.415. The molecule has 0 saturated carbocycles. The molecule has 0 atom stereocenters. The van der Waals surface area contributed by atoms with Crippen molar-refractivity contribution in [3.63, 3.8) is 0 Å². The average molecular weight is 365 g/mol. The van der Waals surface area contributed by atoms with Crippen LogP contribution in [0.1, 0.15) is 0 Å². The van der Waals surface area contributed by atoms with E-state index in [1.54, 1.807) is 38.4 Å². The number of hydrogen-bond acceptors (Lipinski definition) is 3. The van der Waals surface area contributed by atoms with Gasteiger partial charge in [-0.05, 0) is 47.5 Å². The number of hydrogen-bond donors (Lipinski definition) is 2. The largest absolute Gasteiger partial charge is 0.497 e. The fourth-order valence-corrected chi connectivity index (χ4v) is 3.18. The molecule has 2 heterocycles. The Morgan fingerprint density at radius 1 is 0.926 bits per heavy atom. The molecule has 0 radical (unpaired) electrons. The van der Waals surface area contributed by atoms with Crippen molar-refractivity contribution in [1.82, 2.24) is 14.5 Å². The van der Waals surface area contributed by atoms with Gasteiger partial charge >= 0.3 is 5.69 Å². The minimum atomic E-state index is -0.513. The van der Waals surface area contributed by atoms with Crippen LogP contribution in [-0.2, 0) is 7.05 Å². The molecule has 6 nitrogen and oxygen atoms in total. The number of nitrogens with one attached hydrogen (secondary N) is 2. The molecule has 2 N–H and O–H groups in total. The quantitative estimate of drug-likeness (QED) is 0.586. The summed E-state index contributed by atoms with van der Waals surface area (Å²) in [4.78, 5) is 30.1. The van der Waals surface area contributed by atoms with Crippen LogP contribution in [0.5, 0.6) is 5.75 Å². The standard InChI is InChI=1S/C20H16FN3O3/c1-24-18-16(19(25)23-20(24)26)15(11-5-9-14(27-2)10-6-11)17(22-18)12-3-7-13(21)8-4-12/h3-10,22H,1-2H3,(H,23,25,26). The molecule has 0 aliphatic heterocycles. The van der Waals surface area contributed by atoms with Gasteiger partial charge in [0.2, 0.25) is 0 Å². The number of nitrogens with zero attached hydrogens (tertiary/aromatic N) is 1. The van der Waals surface area contributed by atoms with E-state index in [0.717, 1.165) is 5.56 Å². The van der Waals surface area contributed by atoms with Gasteiger partial charge in [-0.25, -0.2) is 9.18 Å². The van der Waals surface area contributed by atoms with Crippen LogP contribution in [0.4, 0.5) is 4.39 Å². The Bertz CT molecular complexity index is 1250. The van der Waals surface area contributed by atoms with E-state index < -0.39 is 11.2 Å². The van der Waals surface area contributed by atoms with Gasteiger partial charge in [0.1, 0.15) is 17.2 Å². The topological polar surface area (TPSA) is 79.9 Å². The molecule has 2 aromatic carbocycles. The van der Waals surface area contributed by atoms with E-state index in [4.69, 9.17) is 4.74 Å². The Balaban J connectivity index is 2.11. The van der Waals surface area contributed by atoms with Crippen LogP contribution in [0, 0.1) is 5.82 Å². The van der Waals surface area contributed by atoms with Crippen LogP contribution >= 0.6 is 0 Å². The molecular formula is C20H16FN3O3. The van der Waals surface area contributed by atoms with Gasteiger partial charge in [0.05, 0.1) is 18.2 Å². The number of halogens is 1. The first kappa shape index (κ1) is 16.8. The zero-order chi connectivity index (χ0) is 19.1. The molecule has 4 rings (SSSR count). The summed E-state index contributed by atoms with van der Waals surface area (Å²) in [5.41, 5.74) is 2.13. The third kappa shape index (κ3) is 2.73. The lowest BCUT2D eigenvalue weighted by Crippen LogP contribution is -2.28. The SMILES string of the molecule is COc1ccc(-c2c(-c3ccc(F)cc3)[nH]c3c2c(=O)[nH]c(=O)n3C)cc1. The monoisotopic (exact) mass is 365 g/mol. The summed E-state index contributed by atoms with van der Waals surface area (Å²) in [6.45, 7) is 0. The Hall–Kier alpha value is -3.61. The molecule has 0 bridgehead atoms. The second kappa shape index (κ2) is 6.28. The molecule has 136 valence electrons. The number of H-pyrrole nitrogens is 2. The van der Waals surface area contributed by atoms with E-state index in [1.807, 2.05) is 12.1 Å². The first-order valence-corrected chi connectivity index (χ1v) is 8.25. The van der Waals surface area contributed by atoms with E-state index >= 15 is 0 Å². The number of fused-ring (bicyclic) bond motifs is 1. The number of aryl methyl sites for hydroxylation is 1. The Kier molecular flexibility index (Phi) is 3.92. The third-order valence-corrected chi connectivity index (χ3v) is 4.58. The first-order valence-electron chi connectivity index (χ1n) is 8.25. The van der Waals surface area contributed by atoms with Crippen LogP contribution in [0.3, 0.4) is 0 Å². The van der Waals surface area contributed by atoms with E-state index in [1.165, 1.54) is 16.7 Å². The highest BCUT2D eigenvalue weighted by molar-refractivity contribution is 6.02. The van der Waals surface area contributed by atoms with E-state index in [2.05, 4.69) is 9.97 Å². The lowest BCUT2D eigenvalue weighted by Gasteiger charge is -2.07. The van der Waals surface area contributed by atoms with Crippen LogP contribution < -0.4 is 16.0 Å². The highest BCUT2D eigenvalue weighted by Gasteiger charge is 2.20. The number of benzene rings is 2. The van der Waals surface area contributed by atoms with Crippen LogP contribution in [0.2, 0.25) is 0 Å². The average Bonchev–Trinajstić information content (AvgIpc) is 3.08. The molecule has 0 amide bonds. The highest BCUT2D eigenvalue weighted by Crippen LogP contribution is 2.37. The van der Waals surface area contributed by atoms with Crippen molar-refractivity contribution < 1.29 is 9.13 Å². The van der Waals surface area contributed by atoms with Gasteiger partial charge in [-0.3, -0.25) is 14.3 Å². The van der Waals surface area contributed by atoms with Crippen molar-refractivity contribution in [2.24, 2.45) is 7.05 Å². The van der Waals surface area contributed by atoms with E-state index in [0.29, 0.717) is 33.6 Å². The summed E-state index contributed by atoms with van der Waals surface area (Å²) in [6.07, 6.45) is 0. The van der Waals surface area contributed by atoms with Crippen molar-refractivity contribution in [2.45, 2.75) is 0 Å². The van der Waals surface area contributed by atoms with Gasteiger partial charge in [-0.1, -0.05) is 12.1 Å². The van der Waals surface area contributed by atoms with Crippen LogP contribution in [-0.4, -0.2) is 21.6 Å². The smallest absolute Gasteiger partial charge is 0.329 e. The van der Waals surface area contributed by atoms with Crippen molar-refractivity contribution >= 4 is 11.0 Å². The minimum Gasteiger partial charge on any atom is -0.497 e. The maximum absolute atomic E-state index is 13.4. The Morgan fingerprint density at radius 3 is 2.19 bits per heavy atom. The van der Waals surface area contributed by atoms with Crippen molar-refractivity contribution in [3.05, 3.63) is 75.2 Å². The van der Waals surface area contributed by atoms with Crippen LogP contribution in [0.25, 0.3) is 33.4 Å². The molecule has 0 aliphatic rings. The second-order valence-electron chi connectivity index (χ2n) is 6.15. The molecule has 0 fully saturated rings. The van der Waals surface area contributed by atoms with Crippen molar-refractivity contribution in [3.8, 4) is 28.1 Å². The minimum absolute atomic E-state index is 0.355. The van der Waals surface area contributed by atoms with Gasteiger partial charge in [0, 0.05) is 12.6 Å². The summed E-state index contributed by atoms with van der Waals surface area (Å²) in [6, 6.07) is 13.2. The molecular weight excluding hydrogens is 349 g/mol. The summed E-state index contributed by atoms with van der Waals surface area (Å²) < 4.78 is 19.9. The van der Waals surface area contributed by atoms with Gasteiger partial charge in [-0.15, -0.1) is 0 Å². The fourth-order valence-electron chi connectivity index (χ4n) is 3.18. The predicted octanol–water partition coefficient (Wildman–Crippen LogP) is 3.04. The number of methoxy groups -OCH3 is 1. The molecule has 2 aromatic heterocycles. The number of aromatic nitrogens is 3. The third-order valence-electron chi connectivity index (χ3n) is 4.58. The van der Waals surface area contributed by atoms with Crippen molar-refractivity contribution in [1.29, 1.82) is 0 Å². The molecule has 27 heavy (non-hydrogen) atoms. The Morgan fingerprint density at radius 2 is 1.56 bits per heavy atom. The maximum atomic E-state index is 13.4. The highest BCUT2D eigenvalue weighted by atomic mass is 19.1. The number of aromatic amines is 2. The van der Waals surface area contributed by atoms with Crippen LogP contribution in [0.15, 0.2) is 58.1 Å². The first-order chi connectivity index (χ1) is 13.0. The molecule has 0 unspecified atom stereocenters. The Labute approximate surface area is 152 Å². The molecule has 0 spiro atoms. The summed E-state index contributed by atoms with van der Waals surface area (Å²) in [5.74, 6) is 0.328. The molecule has 0 saturated heterocycles. The summed E-state index contributed by atoms with van der Waals surface area (Å²) in [7, 11) is 3.15.